The summed E-state index contributed by atoms with van der Waals surface area (Å²) in [5.41, 5.74) is 0.00407. The van der Waals surface area contributed by atoms with Crippen LogP contribution >= 0.6 is 0 Å². The van der Waals surface area contributed by atoms with Crippen LogP contribution in [-0.4, -0.2) is 10.8 Å². The third-order valence-electron chi connectivity index (χ3n) is 2.97. The van der Waals surface area contributed by atoms with Gasteiger partial charge in [0.2, 0.25) is 0 Å². The van der Waals surface area contributed by atoms with Gasteiger partial charge in [-0.25, -0.2) is 4.39 Å². The zero-order valence-corrected chi connectivity index (χ0v) is 8.58. The summed E-state index contributed by atoms with van der Waals surface area (Å²) in [6, 6.07) is 2.79. The zero-order valence-electron chi connectivity index (χ0n) is 8.58. The number of Topliss-reactive ketones (excluding diaryl/α,β-unsaturated/α-hetero) is 1. The van der Waals surface area contributed by atoms with E-state index in [0.717, 1.165) is 12.8 Å². The van der Waals surface area contributed by atoms with Crippen LogP contribution in [0.5, 0.6) is 0 Å². The molecule has 0 saturated heterocycles. The van der Waals surface area contributed by atoms with Gasteiger partial charge in [-0.2, -0.15) is 0 Å². The molecule has 1 saturated carbocycles. The number of carbonyl (C=O) groups is 1. The first-order valence-corrected chi connectivity index (χ1v) is 5.41. The predicted molar refractivity (Wildman–Crippen MR) is 55.1 cm³/mol. The highest BCUT2D eigenvalue weighted by Crippen LogP contribution is 2.28. The third kappa shape index (κ3) is 2.41. The molecule has 1 aromatic heterocycles. The van der Waals surface area contributed by atoms with Gasteiger partial charge in [-0.3, -0.25) is 9.78 Å². The minimum atomic E-state index is -0.500. The highest BCUT2D eigenvalue weighted by atomic mass is 19.1. The molecule has 1 fully saturated rings. The number of halogens is 1. The highest BCUT2D eigenvalue weighted by molar-refractivity contribution is 5.94. The van der Waals surface area contributed by atoms with Gasteiger partial charge in [0.05, 0.1) is 0 Å². The molecule has 1 aromatic rings. The lowest BCUT2D eigenvalue weighted by molar-refractivity contribution is 0.0953. The predicted octanol–water partition coefficient (Wildman–Crippen LogP) is 2.98. The van der Waals surface area contributed by atoms with E-state index in [0.29, 0.717) is 12.3 Å². The molecule has 80 valence electrons. The van der Waals surface area contributed by atoms with Gasteiger partial charge in [-0.1, -0.05) is 25.7 Å². The van der Waals surface area contributed by atoms with Crippen molar-refractivity contribution in [2.24, 2.45) is 5.92 Å². The van der Waals surface area contributed by atoms with Crippen molar-refractivity contribution in [3.63, 3.8) is 0 Å². The van der Waals surface area contributed by atoms with Crippen molar-refractivity contribution in [2.75, 3.05) is 0 Å². The molecule has 0 N–H and O–H groups in total. The Kier molecular flexibility index (Phi) is 3.09. The molecule has 1 aliphatic rings. The Balaban J connectivity index is 2.04. The van der Waals surface area contributed by atoms with Gasteiger partial charge in [0.25, 0.3) is 0 Å². The second kappa shape index (κ2) is 4.51. The molecule has 1 heterocycles. The molecule has 0 bridgehead atoms. The van der Waals surface area contributed by atoms with E-state index in [1.165, 1.54) is 31.2 Å². The van der Waals surface area contributed by atoms with Gasteiger partial charge in [0.1, 0.15) is 5.69 Å². The van der Waals surface area contributed by atoms with Gasteiger partial charge in [-0.05, 0) is 18.1 Å². The summed E-state index contributed by atoms with van der Waals surface area (Å²) in [6.07, 6.45) is 6.50. The molecule has 0 radical (unpaired) electrons. The van der Waals surface area contributed by atoms with E-state index < -0.39 is 5.82 Å². The van der Waals surface area contributed by atoms with Crippen LogP contribution in [0.25, 0.3) is 0 Å². The quantitative estimate of drug-likeness (QED) is 0.713. The molecular weight excluding hydrogens is 193 g/mol. The van der Waals surface area contributed by atoms with Gasteiger partial charge in [0.15, 0.2) is 11.6 Å². The van der Waals surface area contributed by atoms with E-state index in [1.807, 2.05) is 0 Å². The van der Waals surface area contributed by atoms with Crippen LogP contribution in [0.2, 0.25) is 0 Å². The molecule has 0 aromatic carbocycles. The van der Waals surface area contributed by atoms with Gasteiger partial charge in [0, 0.05) is 12.6 Å². The first-order chi connectivity index (χ1) is 7.27. The lowest BCUT2D eigenvalue weighted by atomic mass is 9.99. The molecule has 0 unspecified atom stereocenters. The molecule has 15 heavy (non-hydrogen) atoms. The Morgan fingerprint density at radius 1 is 1.47 bits per heavy atom. The van der Waals surface area contributed by atoms with E-state index >= 15 is 0 Å². The Bertz CT molecular complexity index is 358. The van der Waals surface area contributed by atoms with Crippen LogP contribution in [0.3, 0.4) is 0 Å². The number of rotatable bonds is 3. The van der Waals surface area contributed by atoms with Crippen LogP contribution in [-0.2, 0) is 0 Å². The van der Waals surface area contributed by atoms with E-state index in [4.69, 9.17) is 0 Å². The summed E-state index contributed by atoms with van der Waals surface area (Å²) >= 11 is 0. The number of ketones is 1. The molecule has 0 atom stereocenters. The second-order valence-corrected chi connectivity index (χ2v) is 4.11. The van der Waals surface area contributed by atoms with E-state index in [-0.39, 0.29) is 11.5 Å². The number of aromatic nitrogens is 1. The highest BCUT2D eigenvalue weighted by Gasteiger charge is 2.21. The fourth-order valence-electron chi connectivity index (χ4n) is 2.16. The average Bonchev–Trinajstić information content (AvgIpc) is 2.71. The first kappa shape index (κ1) is 10.3. The fourth-order valence-corrected chi connectivity index (χ4v) is 2.16. The number of pyridine rings is 1. The zero-order chi connectivity index (χ0) is 10.7. The standard InChI is InChI=1S/C12H14FNO/c13-10-6-3-7-14-12(10)11(15)8-9-4-1-2-5-9/h3,6-7,9H,1-2,4-5,8H2. The summed E-state index contributed by atoms with van der Waals surface area (Å²) in [4.78, 5) is 15.5. The molecule has 0 amide bonds. The maximum atomic E-state index is 13.2. The number of hydrogen-bond acceptors (Lipinski definition) is 2. The number of nitrogens with zero attached hydrogens (tertiary/aromatic N) is 1. The summed E-state index contributed by atoms with van der Waals surface area (Å²) in [7, 11) is 0. The maximum absolute atomic E-state index is 13.2. The monoisotopic (exact) mass is 207 g/mol. The van der Waals surface area contributed by atoms with Crippen LogP contribution in [0.15, 0.2) is 18.3 Å². The van der Waals surface area contributed by atoms with Crippen LogP contribution in [0, 0.1) is 11.7 Å². The average molecular weight is 207 g/mol. The Morgan fingerprint density at radius 2 is 2.20 bits per heavy atom. The fraction of sp³-hybridized carbons (Fsp3) is 0.500. The lowest BCUT2D eigenvalue weighted by Gasteiger charge is -2.07. The van der Waals surface area contributed by atoms with Crippen LogP contribution < -0.4 is 0 Å². The van der Waals surface area contributed by atoms with Gasteiger partial charge >= 0.3 is 0 Å². The third-order valence-corrected chi connectivity index (χ3v) is 2.97. The number of carbonyl (C=O) groups excluding carboxylic acids is 1. The van der Waals surface area contributed by atoms with Gasteiger partial charge < -0.3 is 0 Å². The normalized spacial score (nSPS) is 16.9. The molecule has 1 aliphatic carbocycles. The largest absolute Gasteiger partial charge is 0.292 e. The van der Waals surface area contributed by atoms with Crippen molar-refractivity contribution in [1.29, 1.82) is 0 Å². The molecular formula is C12H14FNO. The molecule has 2 rings (SSSR count). The van der Waals surface area contributed by atoms with Crippen molar-refractivity contribution in [3.8, 4) is 0 Å². The molecule has 2 nitrogen and oxygen atoms in total. The minimum Gasteiger partial charge on any atom is -0.292 e. The summed E-state index contributed by atoms with van der Waals surface area (Å²) in [5, 5.41) is 0. The first-order valence-electron chi connectivity index (χ1n) is 5.41. The van der Waals surface area contributed by atoms with Crippen molar-refractivity contribution in [2.45, 2.75) is 32.1 Å². The van der Waals surface area contributed by atoms with Crippen molar-refractivity contribution < 1.29 is 9.18 Å². The van der Waals surface area contributed by atoms with E-state index in [9.17, 15) is 9.18 Å². The SMILES string of the molecule is O=C(CC1CCCC1)c1ncccc1F. The van der Waals surface area contributed by atoms with Gasteiger partial charge in [-0.15, -0.1) is 0 Å². The minimum absolute atomic E-state index is 0.00407. The topological polar surface area (TPSA) is 30.0 Å². The van der Waals surface area contributed by atoms with Crippen LogP contribution in [0.4, 0.5) is 4.39 Å². The smallest absolute Gasteiger partial charge is 0.184 e. The van der Waals surface area contributed by atoms with E-state index in [2.05, 4.69) is 4.98 Å². The number of hydrogen-bond donors (Lipinski definition) is 0. The summed E-state index contributed by atoms with van der Waals surface area (Å²) in [5.74, 6) is -0.209. The Hall–Kier alpha value is -1.25. The molecule has 3 heteroatoms. The second-order valence-electron chi connectivity index (χ2n) is 4.11. The summed E-state index contributed by atoms with van der Waals surface area (Å²) < 4.78 is 13.2. The molecule has 0 aliphatic heterocycles. The van der Waals surface area contributed by atoms with Crippen molar-refractivity contribution >= 4 is 5.78 Å². The molecule has 0 spiro atoms. The summed E-state index contributed by atoms with van der Waals surface area (Å²) in [6.45, 7) is 0. The lowest BCUT2D eigenvalue weighted by Crippen LogP contribution is -2.09. The van der Waals surface area contributed by atoms with Crippen LogP contribution in [0.1, 0.15) is 42.6 Å². The van der Waals surface area contributed by atoms with Crippen molar-refractivity contribution in [1.82, 2.24) is 4.98 Å². The Labute approximate surface area is 88.5 Å². The van der Waals surface area contributed by atoms with E-state index in [1.54, 1.807) is 0 Å². The van der Waals surface area contributed by atoms with Crippen molar-refractivity contribution in [3.05, 3.63) is 29.8 Å². The Morgan fingerprint density at radius 3 is 2.87 bits per heavy atom. The maximum Gasteiger partial charge on any atom is 0.184 e.